The molecule has 2 aromatic rings. The van der Waals surface area contributed by atoms with Crippen molar-refractivity contribution in [1.29, 1.82) is 0 Å². The standard InChI is InChI=1S/C28H42N4O4S/c1-4-32-20-25(28(34)29-15-9-17-31-16-8-10-21(2)19-31)27(33)24-18-23(13-14-26(24)32)37(35,36)30(3)22-11-6-5-7-12-22/h13-14,18,20-22H,4-12,15-17,19H2,1-3H3,(H,29,34)/t21-/m0/s1. The number of benzene rings is 1. The van der Waals surface area contributed by atoms with Crippen LogP contribution in [0.25, 0.3) is 10.9 Å². The molecule has 1 saturated carbocycles. The minimum atomic E-state index is -3.75. The van der Waals surface area contributed by atoms with Crippen molar-refractivity contribution in [2.24, 2.45) is 5.92 Å². The Bertz CT molecular complexity index is 1270. The number of pyridine rings is 1. The minimum Gasteiger partial charge on any atom is -0.352 e. The summed E-state index contributed by atoms with van der Waals surface area (Å²) < 4.78 is 30.1. The second-order valence-electron chi connectivity index (χ2n) is 10.8. The van der Waals surface area contributed by atoms with Gasteiger partial charge in [-0.1, -0.05) is 26.2 Å². The normalized spacial score (nSPS) is 19.9. The summed E-state index contributed by atoms with van der Waals surface area (Å²) in [7, 11) is -2.12. The fraction of sp³-hybridized carbons (Fsp3) is 0.643. The van der Waals surface area contributed by atoms with Gasteiger partial charge in [-0.05, 0) is 76.2 Å². The number of nitrogens with zero attached hydrogens (tertiary/aromatic N) is 3. The number of hydrogen-bond acceptors (Lipinski definition) is 5. The molecule has 0 spiro atoms. The quantitative estimate of drug-likeness (QED) is 0.498. The molecule has 204 valence electrons. The number of nitrogens with one attached hydrogen (secondary N) is 1. The van der Waals surface area contributed by atoms with Crippen LogP contribution in [-0.2, 0) is 16.6 Å². The third-order valence-corrected chi connectivity index (χ3v) is 9.99. The third-order valence-electron chi connectivity index (χ3n) is 8.08. The van der Waals surface area contributed by atoms with Crippen LogP contribution in [0.5, 0.6) is 0 Å². The maximum Gasteiger partial charge on any atom is 0.256 e. The van der Waals surface area contributed by atoms with E-state index in [1.165, 1.54) is 23.2 Å². The Hall–Kier alpha value is -2.23. The molecule has 2 fully saturated rings. The lowest BCUT2D eigenvalue weighted by Crippen LogP contribution is -2.38. The molecule has 8 nitrogen and oxygen atoms in total. The Balaban J connectivity index is 1.53. The number of aryl methyl sites for hydroxylation is 1. The highest BCUT2D eigenvalue weighted by molar-refractivity contribution is 7.89. The van der Waals surface area contributed by atoms with Gasteiger partial charge in [-0.15, -0.1) is 0 Å². The number of likely N-dealkylation sites (tertiary alicyclic amines) is 1. The zero-order valence-electron chi connectivity index (χ0n) is 22.5. The summed E-state index contributed by atoms with van der Waals surface area (Å²) >= 11 is 0. The van der Waals surface area contributed by atoms with Crippen molar-refractivity contribution >= 4 is 26.8 Å². The summed E-state index contributed by atoms with van der Waals surface area (Å²) in [5.74, 6) is 0.304. The summed E-state index contributed by atoms with van der Waals surface area (Å²) in [5.41, 5.74) is 0.248. The number of rotatable bonds is 9. The Morgan fingerprint density at radius 2 is 1.89 bits per heavy atom. The van der Waals surface area contributed by atoms with Crippen LogP contribution in [0.2, 0.25) is 0 Å². The molecule has 0 unspecified atom stereocenters. The average Bonchev–Trinajstić information content (AvgIpc) is 2.91. The van der Waals surface area contributed by atoms with Crippen molar-refractivity contribution in [2.45, 2.75) is 82.7 Å². The zero-order chi connectivity index (χ0) is 26.6. The lowest BCUT2D eigenvalue weighted by molar-refractivity contribution is 0.0948. The van der Waals surface area contributed by atoms with Gasteiger partial charge in [0.15, 0.2) is 0 Å². The van der Waals surface area contributed by atoms with Gasteiger partial charge in [0.2, 0.25) is 15.5 Å². The second-order valence-corrected chi connectivity index (χ2v) is 12.8. The fourth-order valence-corrected chi connectivity index (χ4v) is 7.30. The van der Waals surface area contributed by atoms with Crippen molar-refractivity contribution < 1.29 is 13.2 Å². The van der Waals surface area contributed by atoms with Crippen LogP contribution in [0.3, 0.4) is 0 Å². The molecule has 9 heteroatoms. The first-order chi connectivity index (χ1) is 17.7. The summed E-state index contributed by atoms with van der Waals surface area (Å²) in [6.07, 6.45) is 9.81. The molecule has 2 heterocycles. The maximum absolute atomic E-state index is 13.4. The van der Waals surface area contributed by atoms with Crippen LogP contribution in [0.15, 0.2) is 34.1 Å². The van der Waals surface area contributed by atoms with E-state index >= 15 is 0 Å². The lowest BCUT2D eigenvalue weighted by Gasteiger charge is -2.30. The van der Waals surface area contributed by atoms with Gasteiger partial charge in [-0.3, -0.25) is 9.59 Å². The van der Waals surface area contributed by atoms with Crippen molar-refractivity contribution in [3.05, 3.63) is 40.2 Å². The molecular weight excluding hydrogens is 488 g/mol. The molecular formula is C28H42N4O4S. The van der Waals surface area contributed by atoms with Crippen LogP contribution < -0.4 is 10.7 Å². The number of piperidine rings is 1. The molecule has 1 aliphatic heterocycles. The number of sulfonamides is 1. The summed E-state index contributed by atoms with van der Waals surface area (Å²) in [5, 5.41) is 3.17. The molecule has 0 radical (unpaired) electrons. The summed E-state index contributed by atoms with van der Waals surface area (Å²) in [6, 6.07) is 4.69. The molecule has 1 amide bonds. The smallest absolute Gasteiger partial charge is 0.256 e. The molecule has 1 saturated heterocycles. The third kappa shape index (κ3) is 6.26. The maximum atomic E-state index is 13.4. The van der Waals surface area contributed by atoms with E-state index in [9.17, 15) is 18.0 Å². The van der Waals surface area contributed by atoms with E-state index in [4.69, 9.17) is 0 Å². The first kappa shape index (κ1) is 27.8. The molecule has 1 aliphatic carbocycles. The van der Waals surface area contributed by atoms with E-state index < -0.39 is 21.4 Å². The summed E-state index contributed by atoms with van der Waals surface area (Å²) in [6.45, 7) is 8.39. The fourth-order valence-electron chi connectivity index (χ4n) is 5.86. The number of amides is 1. The minimum absolute atomic E-state index is 0.0213. The van der Waals surface area contributed by atoms with E-state index in [0.29, 0.717) is 24.5 Å². The Kier molecular flexibility index (Phi) is 9.08. The van der Waals surface area contributed by atoms with Crippen molar-refractivity contribution in [3.8, 4) is 0 Å². The van der Waals surface area contributed by atoms with Crippen LogP contribution in [0.1, 0.15) is 75.6 Å². The van der Waals surface area contributed by atoms with Gasteiger partial charge in [0.05, 0.1) is 10.4 Å². The predicted octanol–water partition coefficient (Wildman–Crippen LogP) is 3.83. The highest BCUT2D eigenvalue weighted by atomic mass is 32.2. The van der Waals surface area contributed by atoms with Gasteiger partial charge in [0.1, 0.15) is 5.56 Å². The first-order valence-electron chi connectivity index (χ1n) is 13.9. The molecule has 1 atom stereocenters. The molecule has 1 aromatic heterocycles. The Labute approximate surface area is 221 Å². The predicted molar refractivity (Wildman–Crippen MR) is 147 cm³/mol. The van der Waals surface area contributed by atoms with Crippen LogP contribution in [0.4, 0.5) is 0 Å². The van der Waals surface area contributed by atoms with E-state index in [1.54, 1.807) is 25.4 Å². The number of fused-ring (bicyclic) bond motifs is 1. The largest absolute Gasteiger partial charge is 0.352 e. The monoisotopic (exact) mass is 530 g/mol. The van der Waals surface area contributed by atoms with E-state index in [1.807, 2.05) is 11.5 Å². The van der Waals surface area contributed by atoms with E-state index in [2.05, 4.69) is 17.1 Å². The van der Waals surface area contributed by atoms with Crippen LogP contribution in [0, 0.1) is 5.92 Å². The number of carbonyl (C=O) groups excluding carboxylic acids is 1. The molecule has 0 bridgehead atoms. The van der Waals surface area contributed by atoms with Gasteiger partial charge in [0, 0.05) is 44.3 Å². The first-order valence-corrected chi connectivity index (χ1v) is 15.3. The topological polar surface area (TPSA) is 91.7 Å². The Morgan fingerprint density at radius 1 is 1.14 bits per heavy atom. The average molecular weight is 531 g/mol. The van der Waals surface area contributed by atoms with Crippen molar-refractivity contribution in [1.82, 2.24) is 19.1 Å². The molecule has 4 rings (SSSR count). The molecule has 1 N–H and O–H groups in total. The number of hydrogen-bond donors (Lipinski definition) is 1. The highest BCUT2D eigenvalue weighted by Crippen LogP contribution is 2.27. The van der Waals surface area contributed by atoms with E-state index in [-0.39, 0.29) is 21.9 Å². The number of aromatic nitrogens is 1. The van der Waals surface area contributed by atoms with Gasteiger partial charge in [0.25, 0.3) is 5.91 Å². The van der Waals surface area contributed by atoms with Gasteiger partial charge < -0.3 is 14.8 Å². The number of carbonyl (C=O) groups is 1. The van der Waals surface area contributed by atoms with Gasteiger partial charge in [-0.25, -0.2) is 8.42 Å². The molecule has 2 aliphatic rings. The van der Waals surface area contributed by atoms with Gasteiger partial charge in [-0.2, -0.15) is 4.31 Å². The van der Waals surface area contributed by atoms with Gasteiger partial charge >= 0.3 is 0 Å². The van der Waals surface area contributed by atoms with E-state index in [0.717, 1.165) is 58.2 Å². The van der Waals surface area contributed by atoms with Crippen LogP contribution >= 0.6 is 0 Å². The lowest BCUT2D eigenvalue weighted by atomic mass is 9.96. The molecule has 1 aromatic carbocycles. The zero-order valence-corrected chi connectivity index (χ0v) is 23.4. The van der Waals surface area contributed by atoms with Crippen molar-refractivity contribution in [3.63, 3.8) is 0 Å². The molecule has 37 heavy (non-hydrogen) atoms. The van der Waals surface area contributed by atoms with Crippen molar-refractivity contribution in [2.75, 3.05) is 33.2 Å². The highest BCUT2D eigenvalue weighted by Gasteiger charge is 2.29. The SMILES string of the molecule is CCn1cc(C(=O)NCCCN2CCC[C@H](C)C2)c(=O)c2cc(S(=O)(=O)N(C)C3CCCCC3)ccc21. The Morgan fingerprint density at radius 3 is 2.59 bits per heavy atom. The second kappa shape index (κ2) is 12.1. The van der Waals surface area contributed by atoms with Crippen LogP contribution in [-0.4, -0.2) is 67.4 Å². The summed E-state index contributed by atoms with van der Waals surface area (Å²) in [4.78, 5) is 29.0.